The summed E-state index contributed by atoms with van der Waals surface area (Å²) >= 11 is 0. The average molecular weight is 289 g/mol. The van der Waals surface area contributed by atoms with E-state index in [1.165, 1.54) is 25.5 Å². The van der Waals surface area contributed by atoms with E-state index in [-0.39, 0.29) is 5.97 Å². The number of nitrogens with one attached hydrogen (secondary N) is 1. The van der Waals surface area contributed by atoms with Gasteiger partial charge in [-0.05, 0) is 50.7 Å². The van der Waals surface area contributed by atoms with Gasteiger partial charge < -0.3 is 10.1 Å². The van der Waals surface area contributed by atoms with Crippen LogP contribution >= 0.6 is 0 Å². The van der Waals surface area contributed by atoms with Gasteiger partial charge in [0.1, 0.15) is 5.54 Å². The third-order valence-corrected chi connectivity index (χ3v) is 4.67. The number of hydrogen-bond acceptors (Lipinski definition) is 3. The van der Waals surface area contributed by atoms with E-state index in [4.69, 9.17) is 4.74 Å². The summed E-state index contributed by atoms with van der Waals surface area (Å²) in [6.45, 7) is 4.29. The molecule has 1 N–H and O–H groups in total. The van der Waals surface area contributed by atoms with Crippen LogP contribution in [0.15, 0.2) is 24.3 Å². The van der Waals surface area contributed by atoms with Crippen molar-refractivity contribution in [3.05, 3.63) is 29.8 Å². The fraction of sp³-hybridized carbons (Fsp3) is 0.611. The summed E-state index contributed by atoms with van der Waals surface area (Å²) in [5.74, 6) is 0.630. The molecule has 0 bridgehead atoms. The van der Waals surface area contributed by atoms with Crippen molar-refractivity contribution in [2.45, 2.75) is 57.9 Å². The molecule has 2 rings (SSSR count). The van der Waals surface area contributed by atoms with Crippen LogP contribution in [0, 0.1) is 12.8 Å². The molecular weight excluding hydrogens is 262 g/mol. The van der Waals surface area contributed by atoms with Crippen molar-refractivity contribution in [1.82, 2.24) is 0 Å². The maximum absolute atomic E-state index is 12.3. The zero-order valence-corrected chi connectivity index (χ0v) is 13.4. The van der Waals surface area contributed by atoms with Gasteiger partial charge in [-0.2, -0.15) is 0 Å². The molecule has 0 atom stereocenters. The molecule has 0 spiro atoms. The van der Waals surface area contributed by atoms with Crippen molar-refractivity contribution in [2.75, 3.05) is 12.4 Å². The standard InChI is InChI=1S/C18H27NO2/c1-4-5-15-10-12-18(13-11-15,17(20)21-3)19-16-8-6-14(2)7-9-16/h6-9,15,19H,4-5,10-13H2,1-3H3. The van der Waals surface area contributed by atoms with E-state index >= 15 is 0 Å². The highest BCUT2D eigenvalue weighted by molar-refractivity contribution is 5.84. The minimum absolute atomic E-state index is 0.127. The van der Waals surface area contributed by atoms with Crippen LogP contribution in [0.1, 0.15) is 51.0 Å². The molecule has 0 saturated heterocycles. The molecule has 3 nitrogen and oxygen atoms in total. The van der Waals surface area contributed by atoms with Gasteiger partial charge >= 0.3 is 5.97 Å². The smallest absolute Gasteiger partial charge is 0.331 e. The molecule has 1 saturated carbocycles. The van der Waals surface area contributed by atoms with Crippen molar-refractivity contribution in [3.8, 4) is 0 Å². The number of ether oxygens (including phenoxy) is 1. The maximum Gasteiger partial charge on any atom is 0.331 e. The molecule has 0 aromatic heterocycles. The third-order valence-electron chi connectivity index (χ3n) is 4.67. The lowest BCUT2D eigenvalue weighted by Gasteiger charge is -2.39. The van der Waals surface area contributed by atoms with Gasteiger partial charge in [-0.3, -0.25) is 0 Å². The topological polar surface area (TPSA) is 38.3 Å². The lowest BCUT2D eigenvalue weighted by atomic mass is 9.75. The summed E-state index contributed by atoms with van der Waals surface area (Å²) in [4.78, 5) is 12.3. The van der Waals surface area contributed by atoms with Gasteiger partial charge in [0, 0.05) is 5.69 Å². The first-order chi connectivity index (χ1) is 10.1. The lowest BCUT2D eigenvalue weighted by Crippen LogP contribution is -2.49. The molecule has 1 fully saturated rings. The van der Waals surface area contributed by atoms with E-state index in [2.05, 4.69) is 31.3 Å². The predicted molar refractivity (Wildman–Crippen MR) is 86.4 cm³/mol. The van der Waals surface area contributed by atoms with Crippen LogP contribution in [0.25, 0.3) is 0 Å². The quantitative estimate of drug-likeness (QED) is 0.821. The first-order valence-corrected chi connectivity index (χ1v) is 8.03. The van der Waals surface area contributed by atoms with Crippen LogP contribution in [0.3, 0.4) is 0 Å². The maximum atomic E-state index is 12.3. The Labute approximate surface area is 128 Å². The minimum Gasteiger partial charge on any atom is -0.467 e. The summed E-state index contributed by atoms with van der Waals surface area (Å²) in [5, 5.41) is 3.46. The number of methoxy groups -OCH3 is 1. The summed E-state index contributed by atoms with van der Waals surface area (Å²) in [6, 6.07) is 8.21. The highest BCUT2D eigenvalue weighted by Crippen LogP contribution is 2.37. The second-order valence-electron chi connectivity index (χ2n) is 6.30. The first-order valence-electron chi connectivity index (χ1n) is 8.03. The fourth-order valence-corrected chi connectivity index (χ4v) is 3.36. The third kappa shape index (κ3) is 3.78. The van der Waals surface area contributed by atoms with Gasteiger partial charge in [0.2, 0.25) is 0 Å². The zero-order chi connectivity index (χ0) is 15.3. The number of carbonyl (C=O) groups excluding carboxylic acids is 1. The van der Waals surface area contributed by atoms with Crippen molar-refractivity contribution in [2.24, 2.45) is 5.92 Å². The van der Waals surface area contributed by atoms with Crippen molar-refractivity contribution >= 4 is 11.7 Å². The summed E-state index contributed by atoms with van der Waals surface area (Å²) in [5.41, 5.74) is 1.67. The molecule has 1 aromatic rings. The van der Waals surface area contributed by atoms with Gasteiger partial charge in [0.05, 0.1) is 7.11 Å². The molecule has 21 heavy (non-hydrogen) atoms. The highest BCUT2D eigenvalue weighted by Gasteiger charge is 2.42. The van der Waals surface area contributed by atoms with Crippen molar-refractivity contribution in [3.63, 3.8) is 0 Å². The predicted octanol–water partition coefficient (Wildman–Crippen LogP) is 4.31. The Morgan fingerprint density at radius 3 is 2.43 bits per heavy atom. The number of carbonyl (C=O) groups is 1. The molecule has 1 aliphatic rings. The molecule has 116 valence electrons. The number of benzene rings is 1. The Hall–Kier alpha value is -1.51. The second-order valence-corrected chi connectivity index (χ2v) is 6.30. The fourth-order valence-electron chi connectivity index (χ4n) is 3.36. The Morgan fingerprint density at radius 2 is 1.90 bits per heavy atom. The van der Waals surface area contributed by atoms with Crippen molar-refractivity contribution in [1.29, 1.82) is 0 Å². The Balaban J connectivity index is 2.11. The van der Waals surface area contributed by atoms with Crippen LogP contribution in [0.2, 0.25) is 0 Å². The SMILES string of the molecule is CCCC1CCC(Nc2ccc(C)cc2)(C(=O)OC)CC1. The largest absolute Gasteiger partial charge is 0.467 e. The van der Waals surface area contributed by atoms with Crippen molar-refractivity contribution < 1.29 is 9.53 Å². The van der Waals surface area contributed by atoms with E-state index in [1.807, 2.05) is 12.1 Å². The number of rotatable bonds is 5. The van der Waals surface area contributed by atoms with Gasteiger partial charge in [-0.1, -0.05) is 37.5 Å². The van der Waals surface area contributed by atoms with Crippen LogP contribution in [0.5, 0.6) is 0 Å². The molecule has 0 heterocycles. The molecule has 0 amide bonds. The summed E-state index contributed by atoms with van der Waals surface area (Å²) in [6.07, 6.45) is 6.41. The monoisotopic (exact) mass is 289 g/mol. The number of anilines is 1. The molecule has 1 aromatic carbocycles. The number of aryl methyl sites for hydroxylation is 1. The zero-order valence-electron chi connectivity index (χ0n) is 13.4. The molecule has 0 radical (unpaired) electrons. The highest BCUT2D eigenvalue weighted by atomic mass is 16.5. The van der Waals surface area contributed by atoms with E-state index < -0.39 is 5.54 Å². The van der Waals surface area contributed by atoms with Crippen LogP contribution in [-0.4, -0.2) is 18.6 Å². The minimum atomic E-state index is -0.547. The molecule has 0 unspecified atom stereocenters. The van der Waals surface area contributed by atoms with Gasteiger partial charge in [0.15, 0.2) is 0 Å². The summed E-state index contributed by atoms with van der Waals surface area (Å²) in [7, 11) is 1.49. The van der Waals surface area contributed by atoms with Gasteiger partial charge in [-0.15, -0.1) is 0 Å². The Bertz CT molecular complexity index is 459. The number of hydrogen-bond donors (Lipinski definition) is 1. The Kier molecular flexibility index (Phi) is 5.27. The van der Waals surface area contributed by atoms with E-state index in [9.17, 15) is 4.79 Å². The summed E-state index contributed by atoms with van der Waals surface area (Å²) < 4.78 is 5.08. The lowest BCUT2D eigenvalue weighted by molar-refractivity contribution is -0.147. The average Bonchev–Trinajstić information content (AvgIpc) is 2.51. The van der Waals surface area contributed by atoms with Crippen LogP contribution < -0.4 is 5.32 Å². The molecule has 0 aliphatic heterocycles. The van der Waals surface area contributed by atoms with E-state index in [0.29, 0.717) is 0 Å². The van der Waals surface area contributed by atoms with E-state index in [1.54, 1.807) is 0 Å². The molecular formula is C18H27NO2. The number of esters is 1. The van der Waals surface area contributed by atoms with Gasteiger partial charge in [-0.25, -0.2) is 4.79 Å². The molecule has 1 aliphatic carbocycles. The normalized spacial score (nSPS) is 25.4. The van der Waals surface area contributed by atoms with Gasteiger partial charge in [0.25, 0.3) is 0 Å². The second kappa shape index (κ2) is 6.97. The van der Waals surface area contributed by atoms with E-state index in [0.717, 1.165) is 37.3 Å². The first kappa shape index (κ1) is 15.9. The Morgan fingerprint density at radius 1 is 1.29 bits per heavy atom. The molecule has 3 heteroatoms. The van der Waals surface area contributed by atoms with Crippen LogP contribution in [0.4, 0.5) is 5.69 Å². The van der Waals surface area contributed by atoms with Crippen LogP contribution in [-0.2, 0) is 9.53 Å².